The van der Waals surface area contributed by atoms with E-state index < -0.39 is 0 Å². The fourth-order valence-electron chi connectivity index (χ4n) is 2.65. The number of nitrogens with one attached hydrogen (secondary N) is 1. The van der Waals surface area contributed by atoms with E-state index in [4.69, 9.17) is 22.0 Å². The maximum atomic E-state index is 7.75. The topological polar surface area (TPSA) is 36.2 Å². The summed E-state index contributed by atoms with van der Waals surface area (Å²) < 4.78 is 0. The average Bonchev–Trinajstić information content (AvgIpc) is 2.28. The molecule has 17 heavy (non-hydrogen) atoms. The van der Waals surface area contributed by atoms with Crippen molar-refractivity contribution in [2.24, 2.45) is 16.8 Å². The van der Waals surface area contributed by atoms with Crippen LogP contribution in [0.4, 0.5) is 0 Å². The van der Waals surface area contributed by atoms with E-state index in [-0.39, 0.29) is 5.54 Å². The molecular formula is C14H19ClN2. The maximum Gasteiger partial charge on any atom is 0.0803 e. The van der Waals surface area contributed by atoms with Crippen molar-refractivity contribution in [1.29, 1.82) is 5.41 Å². The molecule has 0 amide bonds. The summed E-state index contributed by atoms with van der Waals surface area (Å²) in [5.41, 5.74) is 2.46. The number of halogens is 1. The van der Waals surface area contributed by atoms with Crippen molar-refractivity contribution >= 4 is 23.0 Å². The van der Waals surface area contributed by atoms with Crippen molar-refractivity contribution in [3.8, 4) is 0 Å². The van der Waals surface area contributed by atoms with Crippen LogP contribution in [-0.2, 0) is 0 Å². The average molecular weight is 251 g/mol. The van der Waals surface area contributed by atoms with Crippen LogP contribution in [0.25, 0.3) is 0 Å². The molecule has 0 saturated heterocycles. The molecule has 2 aliphatic rings. The minimum absolute atomic E-state index is 0.0421. The van der Waals surface area contributed by atoms with Gasteiger partial charge in [0, 0.05) is 0 Å². The van der Waals surface area contributed by atoms with Gasteiger partial charge in [-0.25, -0.2) is 0 Å². The lowest BCUT2D eigenvalue weighted by Gasteiger charge is -2.42. The number of allylic oxidation sites excluding steroid dienone is 4. The summed E-state index contributed by atoms with van der Waals surface area (Å²) >= 11 is 6.23. The van der Waals surface area contributed by atoms with Crippen molar-refractivity contribution in [1.82, 2.24) is 0 Å². The Morgan fingerprint density at radius 3 is 2.65 bits per heavy atom. The lowest BCUT2D eigenvalue weighted by molar-refractivity contribution is 0.245. The molecule has 0 aromatic carbocycles. The Morgan fingerprint density at radius 1 is 1.41 bits per heavy atom. The molecular weight excluding hydrogens is 232 g/mol. The molecule has 0 radical (unpaired) electrons. The Labute approximate surface area is 108 Å². The predicted molar refractivity (Wildman–Crippen MR) is 74.2 cm³/mol. The highest BCUT2D eigenvalue weighted by Gasteiger charge is 2.41. The highest BCUT2D eigenvalue weighted by Crippen LogP contribution is 2.42. The second kappa shape index (κ2) is 4.09. The van der Waals surface area contributed by atoms with Crippen LogP contribution < -0.4 is 0 Å². The third-order valence-electron chi connectivity index (χ3n) is 4.40. The van der Waals surface area contributed by atoms with E-state index in [1.165, 1.54) is 0 Å². The molecule has 2 nitrogen and oxygen atoms in total. The third kappa shape index (κ3) is 1.89. The Kier molecular flexibility index (Phi) is 3.03. The highest BCUT2D eigenvalue weighted by molar-refractivity contribution is 6.49. The smallest absolute Gasteiger partial charge is 0.0803 e. The van der Waals surface area contributed by atoms with E-state index in [0.717, 1.165) is 17.7 Å². The van der Waals surface area contributed by atoms with E-state index in [0.29, 0.717) is 22.6 Å². The van der Waals surface area contributed by atoms with Crippen LogP contribution in [0.5, 0.6) is 0 Å². The van der Waals surface area contributed by atoms with Crippen molar-refractivity contribution in [3.05, 3.63) is 22.8 Å². The van der Waals surface area contributed by atoms with Crippen molar-refractivity contribution in [2.75, 3.05) is 0 Å². The number of nitrogens with zero attached hydrogens (tertiary/aromatic N) is 1. The quantitative estimate of drug-likeness (QED) is 0.684. The number of hydrogen-bond donors (Lipinski definition) is 1. The molecule has 3 heteroatoms. The molecule has 1 N–H and O–H groups in total. The van der Waals surface area contributed by atoms with E-state index >= 15 is 0 Å². The van der Waals surface area contributed by atoms with Gasteiger partial charge in [0.15, 0.2) is 0 Å². The lowest BCUT2D eigenvalue weighted by Crippen LogP contribution is -2.42. The largest absolute Gasteiger partial charge is 0.301 e. The first kappa shape index (κ1) is 12.6. The molecule has 1 heterocycles. The summed E-state index contributed by atoms with van der Waals surface area (Å²) in [5, 5.41) is 8.37. The first-order valence-electron chi connectivity index (χ1n) is 6.17. The second-order valence-electron chi connectivity index (χ2n) is 5.30. The summed E-state index contributed by atoms with van der Waals surface area (Å²) in [6.45, 7) is 8.82. The maximum absolute atomic E-state index is 7.75. The zero-order valence-electron chi connectivity index (χ0n) is 10.8. The van der Waals surface area contributed by atoms with Crippen LogP contribution in [-0.4, -0.2) is 17.0 Å². The van der Waals surface area contributed by atoms with E-state index in [1.54, 1.807) is 6.08 Å². The van der Waals surface area contributed by atoms with Crippen molar-refractivity contribution in [3.63, 3.8) is 0 Å². The van der Waals surface area contributed by atoms with Crippen molar-refractivity contribution in [2.45, 2.75) is 39.7 Å². The minimum atomic E-state index is -0.0421. The Hall–Kier alpha value is -0.890. The Morgan fingerprint density at radius 2 is 2.06 bits per heavy atom. The van der Waals surface area contributed by atoms with E-state index in [1.807, 2.05) is 6.08 Å². The van der Waals surface area contributed by atoms with Gasteiger partial charge in [0.2, 0.25) is 0 Å². The van der Waals surface area contributed by atoms with Crippen LogP contribution >= 0.6 is 11.6 Å². The normalized spacial score (nSPS) is 37.0. The van der Waals surface area contributed by atoms with Gasteiger partial charge in [0.25, 0.3) is 0 Å². The summed E-state index contributed by atoms with van der Waals surface area (Å²) in [6, 6.07) is 0. The Balaban J connectivity index is 2.57. The van der Waals surface area contributed by atoms with Crippen LogP contribution in [0.3, 0.4) is 0 Å². The third-order valence-corrected chi connectivity index (χ3v) is 4.69. The molecule has 1 aliphatic heterocycles. The fourth-order valence-corrected chi connectivity index (χ4v) is 2.92. The summed E-state index contributed by atoms with van der Waals surface area (Å²) in [4.78, 5) is 4.85. The summed E-state index contributed by atoms with van der Waals surface area (Å²) in [7, 11) is 0. The molecule has 92 valence electrons. The highest BCUT2D eigenvalue weighted by atomic mass is 35.5. The van der Waals surface area contributed by atoms with Crippen LogP contribution in [0, 0.1) is 17.2 Å². The molecule has 0 aromatic rings. The molecule has 0 spiro atoms. The summed E-state index contributed by atoms with van der Waals surface area (Å²) in [6.07, 6.45) is 4.60. The molecule has 3 atom stereocenters. The number of rotatable bonds is 1. The van der Waals surface area contributed by atoms with Gasteiger partial charge in [0.1, 0.15) is 0 Å². The zero-order chi connectivity index (χ0) is 12.8. The van der Waals surface area contributed by atoms with Gasteiger partial charge in [-0.05, 0) is 42.9 Å². The van der Waals surface area contributed by atoms with Gasteiger partial charge in [-0.3, -0.25) is 4.99 Å². The molecule has 1 aliphatic carbocycles. The van der Waals surface area contributed by atoms with E-state index in [9.17, 15) is 0 Å². The SMILES string of the molecule is CCC1(C)N=C2C(Cl)=CC(=N)C=C2C(C)C1C. The number of hydrogen-bond acceptors (Lipinski definition) is 2. The van der Waals surface area contributed by atoms with Crippen LogP contribution in [0.2, 0.25) is 0 Å². The van der Waals surface area contributed by atoms with Gasteiger partial charge in [-0.2, -0.15) is 0 Å². The van der Waals surface area contributed by atoms with Gasteiger partial charge in [-0.15, -0.1) is 0 Å². The standard InChI is InChI=1S/C14H19ClN2/c1-5-14(4)9(3)8(2)11-6-10(16)7-12(15)13(11)17-14/h6-9,16H,5H2,1-4H3. The number of aliphatic imine (C=N–C) groups is 1. The minimum Gasteiger partial charge on any atom is -0.301 e. The predicted octanol–water partition coefficient (Wildman–Crippen LogP) is 3.96. The molecule has 3 unspecified atom stereocenters. The molecule has 0 aromatic heterocycles. The van der Waals surface area contributed by atoms with Crippen molar-refractivity contribution < 1.29 is 0 Å². The second-order valence-corrected chi connectivity index (χ2v) is 5.70. The molecule has 0 saturated carbocycles. The van der Waals surface area contributed by atoms with Gasteiger partial charge < -0.3 is 5.41 Å². The van der Waals surface area contributed by atoms with Gasteiger partial charge in [0.05, 0.1) is 22.0 Å². The Bertz CT molecular complexity index is 459. The monoisotopic (exact) mass is 250 g/mol. The summed E-state index contributed by atoms with van der Waals surface area (Å²) in [5.74, 6) is 0.869. The molecule has 0 bridgehead atoms. The van der Waals surface area contributed by atoms with E-state index in [2.05, 4.69) is 27.7 Å². The molecule has 2 rings (SSSR count). The molecule has 0 fully saturated rings. The lowest BCUT2D eigenvalue weighted by atomic mass is 9.70. The van der Waals surface area contributed by atoms with Crippen LogP contribution in [0.15, 0.2) is 27.7 Å². The van der Waals surface area contributed by atoms with Gasteiger partial charge >= 0.3 is 0 Å². The van der Waals surface area contributed by atoms with Gasteiger partial charge in [-0.1, -0.05) is 32.4 Å². The first-order chi connectivity index (χ1) is 7.89. The number of fused-ring (bicyclic) bond motifs is 1. The zero-order valence-corrected chi connectivity index (χ0v) is 11.6. The first-order valence-corrected chi connectivity index (χ1v) is 6.54. The fraction of sp³-hybridized carbons (Fsp3) is 0.571. The van der Waals surface area contributed by atoms with Crippen LogP contribution in [0.1, 0.15) is 34.1 Å².